The first-order valence-electron chi connectivity index (χ1n) is 5.85. The van der Waals surface area contributed by atoms with Gasteiger partial charge in [0.2, 0.25) is 5.91 Å². The standard InChI is InChI=1S/C12H24N2O3S/c1-11(2,12(3,4)13)10(17)14-8(9(15)16)6-7-18-5/h8H,6-7,13H2,1-5H3,(H,14,17)(H,15,16)/t8-/m1/s1. The summed E-state index contributed by atoms with van der Waals surface area (Å²) in [6.07, 6.45) is 2.30. The lowest BCUT2D eigenvalue weighted by molar-refractivity contribution is -0.144. The van der Waals surface area contributed by atoms with E-state index in [1.165, 1.54) is 0 Å². The van der Waals surface area contributed by atoms with E-state index in [0.29, 0.717) is 12.2 Å². The molecule has 106 valence electrons. The predicted octanol–water partition coefficient (Wildman–Crippen LogP) is 1.07. The smallest absolute Gasteiger partial charge is 0.326 e. The molecular formula is C12H24N2O3S. The fraction of sp³-hybridized carbons (Fsp3) is 0.833. The second-order valence-corrected chi connectivity index (χ2v) is 6.48. The molecule has 0 aliphatic heterocycles. The Labute approximate surface area is 113 Å². The van der Waals surface area contributed by atoms with E-state index in [0.717, 1.165) is 0 Å². The number of thioether (sulfide) groups is 1. The summed E-state index contributed by atoms with van der Waals surface area (Å²) in [6, 6.07) is -0.855. The van der Waals surface area contributed by atoms with Gasteiger partial charge in [-0.2, -0.15) is 11.8 Å². The molecule has 0 aromatic heterocycles. The Morgan fingerprint density at radius 2 is 1.83 bits per heavy atom. The zero-order valence-electron chi connectivity index (χ0n) is 11.7. The normalized spacial score (nSPS) is 14.1. The second-order valence-electron chi connectivity index (χ2n) is 5.49. The maximum atomic E-state index is 12.1. The second kappa shape index (κ2) is 6.43. The fourth-order valence-corrected chi connectivity index (χ4v) is 1.60. The molecule has 0 aromatic carbocycles. The number of nitrogens with one attached hydrogen (secondary N) is 1. The molecule has 0 spiro atoms. The third kappa shape index (κ3) is 4.49. The molecule has 0 fully saturated rings. The van der Waals surface area contributed by atoms with E-state index >= 15 is 0 Å². The van der Waals surface area contributed by atoms with Crippen LogP contribution in [0.15, 0.2) is 0 Å². The molecule has 0 radical (unpaired) electrons. The lowest BCUT2D eigenvalue weighted by Gasteiger charge is -2.37. The molecule has 0 saturated heterocycles. The van der Waals surface area contributed by atoms with Crippen LogP contribution in [0.25, 0.3) is 0 Å². The van der Waals surface area contributed by atoms with Crippen molar-refractivity contribution >= 4 is 23.6 Å². The number of hydrogen-bond acceptors (Lipinski definition) is 4. The van der Waals surface area contributed by atoms with Crippen molar-refractivity contribution in [3.05, 3.63) is 0 Å². The minimum Gasteiger partial charge on any atom is -0.480 e. The van der Waals surface area contributed by atoms with Crippen LogP contribution in [0.1, 0.15) is 34.1 Å². The van der Waals surface area contributed by atoms with Crippen LogP contribution >= 0.6 is 11.8 Å². The van der Waals surface area contributed by atoms with Gasteiger partial charge >= 0.3 is 5.97 Å². The number of carbonyl (C=O) groups excluding carboxylic acids is 1. The predicted molar refractivity (Wildman–Crippen MR) is 74.6 cm³/mol. The highest BCUT2D eigenvalue weighted by Crippen LogP contribution is 2.28. The molecular weight excluding hydrogens is 252 g/mol. The summed E-state index contributed by atoms with van der Waals surface area (Å²) in [7, 11) is 0. The average Bonchev–Trinajstić information content (AvgIpc) is 2.21. The number of carboxylic acid groups (broad SMARTS) is 1. The van der Waals surface area contributed by atoms with Gasteiger partial charge in [0.25, 0.3) is 0 Å². The lowest BCUT2D eigenvalue weighted by atomic mass is 9.74. The molecule has 0 heterocycles. The summed E-state index contributed by atoms with van der Waals surface area (Å²) in [5, 5.41) is 11.6. The number of hydrogen-bond donors (Lipinski definition) is 3. The molecule has 0 bridgehead atoms. The molecule has 1 atom stereocenters. The first-order chi connectivity index (χ1) is 8.04. The van der Waals surface area contributed by atoms with Gasteiger partial charge in [-0.15, -0.1) is 0 Å². The van der Waals surface area contributed by atoms with E-state index in [1.54, 1.807) is 39.5 Å². The van der Waals surface area contributed by atoms with Crippen LogP contribution in [0.2, 0.25) is 0 Å². The van der Waals surface area contributed by atoms with Gasteiger partial charge in [-0.1, -0.05) is 0 Å². The number of amides is 1. The SMILES string of the molecule is CSCC[C@@H](NC(=O)C(C)(C)C(C)(C)N)C(=O)O. The number of carbonyl (C=O) groups is 2. The maximum absolute atomic E-state index is 12.1. The number of carboxylic acids is 1. The third-order valence-electron chi connectivity index (χ3n) is 3.39. The van der Waals surface area contributed by atoms with E-state index in [9.17, 15) is 9.59 Å². The van der Waals surface area contributed by atoms with Crippen LogP contribution in [0.3, 0.4) is 0 Å². The van der Waals surface area contributed by atoms with E-state index < -0.39 is 23.0 Å². The molecule has 0 saturated carbocycles. The van der Waals surface area contributed by atoms with E-state index in [2.05, 4.69) is 5.32 Å². The van der Waals surface area contributed by atoms with E-state index in [-0.39, 0.29) is 5.91 Å². The van der Waals surface area contributed by atoms with Crippen LogP contribution in [-0.4, -0.2) is 40.6 Å². The summed E-state index contributed by atoms with van der Waals surface area (Å²) in [4.78, 5) is 23.2. The number of aliphatic carboxylic acids is 1. The van der Waals surface area contributed by atoms with E-state index in [1.807, 2.05) is 6.26 Å². The molecule has 0 aliphatic rings. The van der Waals surface area contributed by atoms with Crippen molar-refractivity contribution in [2.75, 3.05) is 12.0 Å². The van der Waals surface area contributed by atoms with Crippen LogP contribution in [0.5, 0.6) is 0 Å². The lowest BCUT2D eigenvalue weighted by Crippen LogP contribution is -2.58. The highest BCUT2D eigenvalue weighted by molar-refractivity contribution is 7.98. The number of rotatable bonds is 7. The molecule has 1 amide bonds. The van der Waals surface area contributed by atoms with Crippen LogP contribution in [-0.2, 0) is 9.59 Å². The van der Waals surface area contributed by atoms with Gasteiger partial charge in [0, 0.05) is 5.54 Å². The minimum atomic E-state index is -1.01. The van der Waals surface area contributed by atoms with Gasteiger partial charge in [-0.3, -0.25) is 4.79 Å². The largest absolute Gasteiger partial charge is 0.480 e. The Balaban J connectivity index is 4.75. The van der Waals surface area contributed by atoms with Gasteiger partial charge in [0.15, 0.2) is 0 Å². The van der Waals surface area contributed by atoms with E-state index in [4.69, 9.17) is 10.8 Å². The molecule has 4 N–H and O–H groups in total. The molecule has 0 aromatic rings. The quantitative estimate of drug-likeness (QED) is 0.647. The monoisotopic (exact) mass is 276 g/mol. The zero-order chi connectivity index (χ0) is 14.6. The number of nitrogens with two attached hydrogens (primary N) is 1. The summed E-state index contributed by atoms with van der Waals surface area (Å²) in [5.74, 6) is -0.657. The summed E-state index contributed by atoms with van der Waals surface area (Å²) < 4.78 is 0. The Hall–Kier alpha value is -0.750. The van der Waals surface area contributed by atoms with Crippen LogP contribution in [0, 0.1) is 5.41 Å². The highest BCUT2D eigenvalue weighted by Gasteiger charge is 2.41. The minimum absolute atomic E-state index is 0.330. The third-order valence-corrected chi connectivity index (χ3v) is 4.04. The topological polar surface area (TPSA) is 92.4 Å². The highest BCUT2D eigenvalue weighted by atomic mass is 32.2. The van der Waals surface area contributed by atoms with Crippen molar-refractivity contribution in [3.63, 3.8) is 0 Å². The first kappa shape index (κ1) is 17.2. The molecule has 6 heteroatoms. The van der Waals surface area contributed by atoms with Gasteiger partial charge in [-0.05, 0) is 46.1 Å². The molecule has 0 aliphatic carbocycles. The molecule has 18 heavy (non-hydrogen) atoms. The van der Waals surface area contributed by atoms with Gasteiger partial charge in [0.1, 0.15) is 6.04 Å². The first-order valence-corrected chi connectivity index (χ1v) is 7.25. The summed E-state index contributed by atoms with van der Waals surface area (Å²) in [5.41, 5.74) is 4.40. The Kier molecular flexibility index (Phi) is 6.16. The van der Waals surface area contributed by atoms with Crippen molar-refractivity contribution in [2.24, 2.45) is 11.1 Å². The Morgan fingerprint density at radius 1 is 1.33 bits per heavy atom. The average molecular weight is 276 g/mol. The van der Waals surface area contributed by atoms with Gasteiger partial charge < -0.3 is 16.2 Å². The fourth-order valence-electron chi connectivity index (χ4n) is 1.12. The van der Waals surface area contributed by atoms with Crippen LogP contribution < -0.4 is 11.1 Å². The van der Waals surface area contributed by atoms with Crippen molar-refractivity contribution in [1.29, 1.82) is 0 Å². The molecule has 0 rings (SSSR count). The van der Waals surface area contributed by atoms with Gasteiger partial charge in [0.05, 0.1) is 5.41 Å². The molecule has 0 unspecified atom stereocenters. The summed E-state index contributed by atoms with van der Waals surface area (Å²) in [6.45, 7) is 6.94. The Bertz CT molecular complexity index is 311. The zero-order valence-corrected chi connectivity index (χ0v) is 12.6. The van der Waals surface area contributed by atoms with Crippen molar-refractivity contribution in [3.8, 4) is 0 Å². The van der Waals surface area contributed by atoms with Crippen molar-refractivity contribution < 1.29 is 14.7 Å². The van der Waals surface area contributed by atoms with Crippen LogP contribution in [0.4, 0.5) is 0 Å². The van der Waals surface area contributed by atoms with Gasteiger partial charge in [-0.25, -0.2) is 4.79 Å². The summed E-state index contributed by atoms with van der Waals surface area (Å²) >= 11 is 1.55. The maximum Gasteiger partial charge on any atom is 0.326 e. The Morgan fingerprint density at radius 3 is 2.17 bits per heavy atom. The van der Waals surface area contributed by atoms with Crippen molar-refractivity contribution in [1.82, 2.24) is 5.32 Å². The van der Waals surface area contributed by atoms with Crippen molar-refractivity contribution in [2.45, 2.75) is 45.7 Å². The molecule has 5 nitrogen and oxygen atoms in total.